The van der Waals surface area contributed by atoms with Crippen molar-refractivity contribution in [2.45, 2.75) is 18.7 Å². The van der Waals surface area contributed by atoms with Crippen LogP contribution >= 0.6 is 11.8 Å². The van der Waals surface area contributed by atoms with Gasteiger partial charge in [0.1, 0.15) is 11.5 Å². The molecule has 3 rings (SSSR count). The van der Waals surface area contributed by atoms with Gasteiger partial charge in [0.05, 0.1) is 23.3 Å². The van der Waals surface area contributed by atoms with Gasteiger partial charge in [-0.25, -0.2) is 4.68 Å². The highest BCUT2D eigenvalue weighted by Crippen LogP contribution is 2.27. The molecule has 0 aliphatic rings. The normalized spacial score (nSPS) is 11.0. The van der Waals surface area contributed by atoms with E-state index in [0.717, 1.165) is 11.8 Å². The number of anilines is 1. The number of hydrogen-bond acceptors (Lipinski definition) is 7. The Morgan fingerprint density at radius 3 is 2.85 bits per heavy atom. The van der Waals surface area contributed by atoms with Gasteiger partial charge in [-0.1, -0.05) is 23.9 Å². The zero-order valence-corrected chi connectivity index (χ0v) is 14.9. The van der Waals surface area contributed by atoms with Crippen molar-refractivity contribution in [2.75, 3.05) is 16.9 Å². The summed E-state index contributed by atoms with van der Waals surface area (Å²) in [5.41, 5.74) is 0.840. The number of amides is 1. The van der Waals surface area contributed by atoms with Crippen molar-refractivity contribution in [3.63, 3.8) is 0 Å². The first-order valence-electron chi connectivity index (χ1n) is 7.67. The number of furan rings is 1. The summed E-state index contributed by atoms with van der Waals surface area (Å²) < 4.78 is 35.7. The van der Waals surface area contributed by atoms with Gasteiger partial charge in [-0.05, 0) is 25.1 Å². The first-order valence-corrected chi connectivity index (χ1v) is 8.65. The van der Waals surface area contributed by atoms with E-state index < -0.39 is 12.5 Å². The van der Waals surface area contributed by atoms with Gasteiger partial charge in [-0.3, -0.25) is 4.79 Å². The first-order chi connectivity index (χ1) is 13.0. The highest BCUT2D eigenvalue weighted by atomic mass is 32.2. The molecule has 3 aromatic rings. The molecule has 0 unspecified atom stereocenters. The SMILES string of the molecule is Cc1occc1-c1nnc(SCC(=O)Nc2ccccc2OC(F)F)n1N. The largest absolute Gasteiger partial charge is 0.469 e. The van der Waals surface area contributed by atoms with Gasteiger partial charge in [0.25, 0.3) is 0 Å². The van der Waals surface area contributed by atoms with Gasteiger partial charge >= 0.3 is 6.61 Å². The number of aryl methyl sites for hydroxylation is 1. The number of para-hydroxylation sites is 2. The van der Waals surface area contributed by atoms with Gasteiger partial charge in [-0.15, -0.1) is 10.2 Å². The second kappa shape index (κ2) is 8.08. The number of nitrogens with one attached hydrogen (secondary N) is 1. The average Bonchev–Trinajstić information content (AvgIpc) is 3.20. The van der Waals surface area contributed by atoms with Crippen LogP contribution in [0.2, 0.25) is 0 Å². The number of thioether (sulfide) groups is 1. The number of aromatic nitrogens is 3. The summed E-state index contributed by atoms with van der Waals surface area (Å²) >= 11 is 1.05. The lowest BCUT2D eigenvalue weighted by Gasteiger charge is -2.11. The maximum Gasteiger partial charge on any atom is 0.387 e. The number of carbonyl (C=O) groups excluding carboxylic acids is 1. The molecular weight excluding hydrogens is 380 g/mol. The van der Waals surface area contributed by atoms with E-state index in [-0.39, 0.29) is 17.2 Å². The Hall–Kier alpha value is -3.08. The lowest BCUT2D eigenvalue weighted by Crippen LogP contribution is -2.17. The lowest BCUT2D eigenvalue weighted by atomic mass is 10.2. The highest BCUT2D eigenvalue weighted by Gasteiger charge is 2.17. The number of ether oxygens (including phenoxy) is 1. The molecule has 1 aromatic carbocycles. The molecule has 0 radical (unpaired) electrons. The first kappa shape index (κ1) is 18.7. The van der Waals surface area contributed by atoms with E-state index in [1.807, 2.05) is 0 Å². The Balaban J connectivity index is 1.64. The van der Waals surface area contributed by atoms with Crippen molar-refractivity contribution in [1.82, 2.24) is 14.9 Å². The van der Waals surface area contributed by atoms with E-state index in [1.165, 1.54) is 29.1 Å². The third-order valence-electron chi connectivity index (χ3n) is 3.47. The summed E-state index contributed by atoms with van der Waals surface area (Å²) in [6.07, 6.45) is 1.51. The van der Waals surface area contributed by atoms with E-state index in [4.69, 9.17) is 10.3 Å². The number of rotatable bonds is 7. The molecule has 1 amide bonds. The van der Waals surface area contributed by atoms with Gasteiger partial charge in [0.2, 0.25) is 11.1 Å². The zero-order valence-electron chi connectivity index (χ0n) is 14.1. The molecule has 0 spiro atoms. The molecule has 0 saturated heterocycles. The summed E-state index contributed by atoms with van der Waals surface area (Å²) in [7, 11) is 0. The maximum atomic E-state index is 12.4. The molecule has 0 saturated carbocycles. The molecule has 8 nitrogen and oxygen atoms in total. The number of benzene rings is 1. The van der Waals surface area contributed by atoms with E-state index >= 15 is 0 Å². The van der Waals surface area contributed by atoms with Crippen LogP contribution < -0.4 is 15.9 Å². The summed E-state index contributed by atoms with van der Waals surface area (Å²) in [6, 6.07) is 7.63. The topological polar surface area (TPSA) is 108 Å². The predicted molar refractivity (Wildman–Crippen MR) is 95.0 cm³/mol. The maximum absolute atomic E-state index is 12.4. The number of hydrogen-bond donors (Lipinski definition) is 2. The van der Waals surface area contributed by atoms with Gasteiger partial charge < -0.3 is 20.3 Å². The summed E-state index contributed by atoms with van der Waals surface area (Å²) in [5.74, 6) is 6.41. The van der Waals surface area contributed by atoms with Gasteiger partial charge in [-0.2, -0.15) is 8.78 Å². The number of nitrogen functional groups attached to an aromatic ring is 1. The minimum atomic E-state index is -2.99. The van der Waals surface area contributed by atoms with E-state index in [0.29, 0.717) is 22.3 Å². The van der Waals surface area contributed by atoms with Gasteiger partial charge in [0.15, 0.2) is 5.82 Å². The Kier molecular flexibility index (Phi) is 5.60. The molecule has 2 aromatic heterocycles. The van der Waals surface area contributed by atoms with Gasteiger partial charge in [0, 0.05) is 0 Å². The zero-order chi connectivity index (χ0) is 19.4. The number of nitrogens with zero attached hydrogens (tertiary/aromatic N) is 3. The average molecular weight is 395 g/mol. The number of carbonyl (C=O) groups is 1. The fourth-order valence-electron chi connectivity index (χ4n) is 2.26. The molecule has 0 bridgehead atoms. The van der Waals surface area contributed by atoms with Crippen molar-refractivity contribution >= 4 is 23.4 Å². The predicted octanol–water partition coefficient (Wildman–Crippen LogP) is 2.89. The number of halogens is 2. The molecule has 27 heavy (non-hydrogen) atoms. The molecule has 2 heterocycles. The molecule has 0 fully saturated rings. The molecular formula is C16H15F2N5O3S. The highest BCUT2D eigenvalue weighted by molar-refractivity contribution is 7.99. The van der Waals surface area contributed by atoms with Crippen molar-refractivity contribution < 1.29 is 22.7 Å². The molecule has 3 N–H and O–H groups in total. The van der Waals surface area contributed by atoms with Crippen LogP contribution in [0.25, 0.3) is 11.4 Å². The lowest BCUT2D eigenvalue weighted by molar-refractivity contribution is -0.113. The fraction of sp³-hybridized carbons (Fsp3) is 0.188. The van der Waals surface area contributed by atoms with Crippen molar-refractivity contribution in [3.8, 4) is 17.1 Å². The molecule has 0 aliphatic heterocycles. The summed E-state index contributed by atoms with van der Waals surface area (Å²) in [5, 5.41) is 10.8. The standard InChI is InChI=1S/C16H15F2N5O3S/c1-9-10(6-7-25-9)14-21-22-16(23(14)19)27-8-13(24)20-11-4-2-3-5-12(11)26-15(17)18/h2-7,15H,8,19H2,1H3,(H,20,24). The number of alkyl halides is 2. The van der Waals surface area contributed by atoms with Crippen LogP contribution in [-0.2, 0) is 4.79 Å². The van der Waals surface area contributed by atoms with Crippen molar-refractivity contribution in [2.24, 2.45) is 0 Å². The van der Waals surface area contributed by atoms with E-state index in [2.05, 4.69) is 20.3 Å². The Bertz CT molecular complexity index is 944. The second-order valence-corrected chi connectivity index (χ2v) is 6.22. The molecule has 0 atom stereocenters. The van der Waals surface area contributed by atoms with Crippen molar-refractivity contribution in [1.29, 1.82) is 0 Å². The smallest absolute Gasteiger partial charge is 0.387 e. The minimum absolute atomic E-state index is 0.0529. The van der Waals surface area contributed by atoms with Crippen LogP contribution in [0.5, 0.6) is 5.75 Å². The third-order valence-corrected chi connectivity index (χ3v) is 4.42. The monoisotopic (exact) mass is 395 g/mol. The molecule has 142 valence electrons. The Morgan fingerprint density at radius 2 is 2.15 bits per heavy atom. The third kappa shape index (κ3) is 4.37. The van der Waals surface area contributed by atoms with Crippen LogP contribution in [0.15, 0.2) is 46.2 Å². The molecule has 11 heteroatoms. The minimum Gasteiger partial charge on any atom is -0.469 e. The van der Waals surface area contributed by atoms with Crippen LogP contribution in [-0.4, -0.2) is 33.1 Å². The Morgan fingerprint density at radius 1 is 1.37 bits per heavy atom. The fourth-order valence-corrected chi connectivity index (χ4v) is 2.92. The van der Waals surface area contributed by atoms with E-state index in [1.54, 1.807) is 19.1 Å². The summed E-state index contributed by atoms with van der Waals surface area (Å²) in [6.45, 7) is -1.22. The van der Waals surface area contributed by atoms with Crippen LogP contribution in [0, 0.1) is 6.92 Å². The molecule has 0 aliphatic carbocycles. The van der Waals surface area contributed by atoms with Crippen LogP contribution in [0.1, 0.15) is 5.76 Å². The van der Waals surface area contributed by atoms with Crippen molar-refractivity contribution in [3.05, 3.63) is 42.4 Å². The van der Waals surface area contributed by atoms with E-state index in [9.17, 15) is 13.6 Å². The Labute approximate surface area is 156 Å². The number of nitrogens with two attached hydrogens (primary N) is 1. The quantitative estimate of drug-likeness (QED) is 0.468. The second-order valence-electron chi connectivity index (χ2n) is 5.28. The van der Waals surface area contributed by atoms with Crippen LogP contribution in [0.4, 0.5) is 14.5 Å². The summed E-state index contributed by atoms with van der Waals surface area (Å²) in [4.78, 5) is 12.1. The van der Waals surface area contributed by atoms with Crippen LogP contribution in [0.3, 0.4) is 0 Å².